The van der Waals surface area contributed by atoms with E-state index in [1.807, 2.05) is 16.4 Å². The molecule has 19 heavy (non-hydrogen) atoms. The smallest absolute Gasteiger partial charge is 0.339 e. The van der Waals surface area contributed by atoms with Gasteiger partial charge in [0, 0.05) is 25.0 Å². The molecule has 0 amide bonds. The van der Waals surface area contributed by atoms with Crippen LogP contribution in [-0.2, 0) is 13.1 Å². The molecule has 0 bridgehead atoms. The molecule has 3 rings (SSSR count). The minimum absolute atomic E-state index is 0.221. The molecule has 0 saturated heterocycles. The molecule has 0 unspecified atom stereocenters. The first-order valence-corrected chi connectivity index (χ1v) is 5.97. The fourth-order valence-corrected chi connectivity index (χ4v) is 2.24. The second kappa shape index (κ2) is 4.34. The maximum absolute atomic E-state index is 11.3. The van der Waals surface area contributed by atoms with E-state index in [4.69, 9.17) is 0 Å². The number of aryl methyl sites for hydroxylation is 1. The van der Waals surface area contributed by atoms with Gasteiger partial charge in [0.25, 0.3) is 0 Å². The fraction of sp³-hybridized carbons (Fsp3) is 0.333. The van der Waals surface area contributed by atoms with Gasteiger partial charge in [0.15, 0.2) is 5.82 Å². The van der Waals surface area contributed by atoms with Gasteiger partial charge in [0.05, 0.1) is 12.2 Å². The number of fused-ring (bicyclic) bond motifs is 1. The molecule has 1 N–H and O–H groups in total. The number of anilines is 1. The molecule has 0 atom stereocenters. The number of hydrogen-bond acceptors (Lipinski definition) is 5. The van der Waals surface area contributed by atoms with Gasteiger partial charge in [-0.1, -0.05) is 0 Å². The highest BCUT2D eigenvalue weighted by Gasteiger charge is 2.22. The summed E-state index contributed by atoms with van der Waals surface area (Å²) in [5.74, 6) is -0.119. The number of pyridine rings is 1. The lowest BCUT2D eigenvalue weighted by atomic mass is 10.1. The summed E-state index contributed by atoms with van der Waals surface area (Å²) >= 11 is 0. The summed E-state index contributed by atoms with van der Waals surface area (Å²) in [6.07, 6.45) is 3.11. The van der Waals surface area contributed by atoms with Crippen LogP contribution in [0.4, 0.5) is 5.69 Å². The number of carboxylic acid groups (broad SMARTS) is 1. The Morgan fingerprint density at radius 2 is 2.26 bits per heavy atom. The van der Waals surface area contributed by atoms with Crippen molar-refractivity contribution in [1.29, 1.82) is 0 Å². The Morgan fingerprint density at radius 1 is 1.42 bits per heavy atom. The van der Waals surface area contributed by atoms with Crippen molar-refractivity contribution in [3.63, 3.8) is 0 Å². The molecule has 7 heteroatoms. The largest absolute Gasteiger partial charge is 0.478 e. The monoisotopic (exact) mass is 259 g/mol. The molecule has 1 aliphatic rings. The third kappa shape index (κ3) is 2.03. The van der Waals surface area contributed by atoms with Gasteiger partial charge in [-0.3, -0.25) is 4.98 Å². The zero-order valence-corrected chi connectivity index (χ0v) is 10.4. The average Bonchev–Trinajstić information content (AvgIpc) is 2.85. The maximum atomic E-state index is 11.3. The van der Waals surface area contributed by atoms with Gasteiger partial charge in [-0.2, -0.15) is 0 Å². The maximum Gasteiger partial charge on any atom is 0.339 e. The molecule has 0 aromatic carbocycles. The van der Waals surface area contributed by atoms with E-state index in [1.54, 1.807) is 12.4 Å². The Bertz CT molecular complexity index is 637. The number of nitrogens with zero attached hydrogens (tertiary/aromatic N) is 5. The lowest BCUT2D eigenvalue weighted by molar-refractivity contribution is 0.0697. The van der Waals surface area contributed by atoms with Crippen molar-refractivity contribution < 1.29 is 9.90 Å². The Labute approximate surface area is 109 Å². The Balaban J connectivity index is 1.99. The average molecular weight is 259 g/mol. The Kier molecular flexibility index (Phi) is 2.66. The minimum Gasteiger partial charge on any atom is -0.478 e. The molecule has 1 aliphatic heterocycles. The molecule has 0 saturated carbocycles. The van der Waals surface area contributed by atoms with Crippen LogP contribution in [0.5, 0.6) is 0 Å². The number of aromatic nitrogens is 4. The summed E-state index contributed by atoms with van der Waals surface area (Å²) in [4.78, 5) is 17.3. The number of carbonyl (C=O) groups is 1. The van der Waals surface area contributed by atoms with Gasteiger partial charge in [-0.05, 0) is 13.0 Å². The molecule has 7 nitrogen and oxygen atoms in total. The molecule has 2 aromatic heterocycles. The van der Waals surface area contributed by atoms with Crippen LogP contribution >= 0.6 is 0 Å². The number of hydrogen-bond donors (Lipinski definition) is 1. The van der Waals surface area contributed by atoms with Crippen LogP contribution in [0.25, 0.3) is 0 Å². The molecule has 0 radical (unpaired) electrons. The predicted octanol–water partition coefficient (Wildman–Crippen LogP) is 0.700. The summed E-state index contributed by atoms with van der Waals surface area (Å²) < 4.78 is 1.98. The highest BCUT2D eigenvalue weighted by Crippen LogP contribution is 2.24. The van der Waals surface area contributed by atoms with Crippen LogP contribution in [-0.4, -0.2) is 37.4 Å². The fourth-order valence-electron chi connectivity index (χ4n) is 2.24. The molecule has 98 valence electrons. The van der Waals surface area contributed by atoms with Crippen molar-refractivity contribution in [3.8, 4) is 0 Å². The highest BCUT2D eigenvalue weighted by molar-refractivity contribution is 5.94. The lowest BCUT2D eigenvalue weighted by Crippen LogP contribution is -2.34. The normalized spacial score (nSPS) is 14.3. The van der Waals surface area contributed by atoms with Crippen LogP contribution in [0.3, 0.4) is 0 Å². The molecule has 3 heterocycles. The summed E-state index contributed by atoms with van der Waals surface area (Å²) in [5, 5.41) is 17.1. The van der Waals surface area contributed by atoms with E-state index in [1.165, 1.54) is 6.20 Å². The van der Waals surface area contributed by atoms with Crippen molar-refractivity contribution >= 4 is 11.7 Å². The lowest BCUT2D eigenvalue weighted by Gasteiger charge is -2.30. The third-order valence-electron chi connectivity index (χ3n) is 3.23. The van der Waals surface area contributed by atoms with E-state index in [9.17, 15) is 9.90 Å². The van der Waals surface area contributed by atoms with Crippen molar-refractivity contribution in [1.82, 2.24) is 19.7 Å². The molecule has 0 spiro atoms. The van der Waals surface area contributed by atoms with Gasteiger partial charge in [-0.15, -0.1) is 10.2 Å². The van der Waals surface area contributed by atoms with E-state index in [0.29, 0.717) is 12.2 Å². The Morgan fingerprint density at radius 3 is 3.05 bits per heavy atom. The van der Waals surface area contributed by atoms with E-state index in [-0.39, 0.29) is 5.56 Å². The standard InChI is InChI=1S/C12H13N5O2/c1-8-4-10(9(5-13-8)12(18)19)16-2-3-17-7-14-15-11(17)6-16/h4-5,7H,2-3,6H2,1H3,(H,18,19). The summed E-state index contributed by atoms with van der Waals surface area (Å²) in [6, 6.07) is 1.80. The third-order valence-corrected chi connectivity index (χ3v) is 3.23. The van der Waals surface area contributed by atoms with Crippen LogP contribution in [0.2, 0.25) is 0 Å². The van der Waals surface area contributed by atoms with Gasteiger partial charge >= 0.3 is 5.97 Å². The molecule has 0 fully saturated rings. The summed E-state index contributed by atoms with van der Waals surface area (Å²) in [7, 11) is 0. The van der Waals surface area contributed by atoms with Crippen molar-refractivity contribution in [2.24, 2.45) is 0 Å². The van der Waals surface area contributed by atoms with Crippen LogP contribution in [0.1, 0.15) is 21.9 Å². The molecular weight excluding hydrogens is 246 g/mol. The highest BCUT2D eigenvalue weighted by atomic mass is 16.4. The molecule has 0 aliphatic carbocycles. The predicted molar refractivity (Wildman–Crippen MR) is 67.0 cm³/mol. The van der Waals surface area contributed by atoms with Gasteiger partial charge in [0.2, 0.25) is 0 Å². The van der Waals surface area contributed by atoms with Gasteiger partial charge in [0.1, 0.15) is 11.9 Å². The summed E-state index contributed by atoms with van der Waals surface area (Å²) in [5.41, 5.74) is 1.71. The number of aromatic carboxylic acids is 1. The second-order valence-electron chi connectivity index (χ2n) is 4.51. The second-order valence-corrected chi connectivity index (χ2v) is 4.51. The minimum atomic E-state index is -0.963. The zero-order chi connectivity index (χ0) is 13.4. The topological polar surface area (TPSA) is 84.1 Å². The Hall–Kier alpha value is -2.44. The van der Waals surface area contributed by atoms with E-state index in [0.717, 1.165) is 24.6 Å². The van der Waals surface area contributed by atoms with Crippen LogP contribution in [0, 0.1) is 6.92 Å². The van der Waals surface area contributed by atoms with E-state index >= 15 is 0 Å². The van der Waals surface area contributed by atoms with Crippen molar-refractivity contribution in [2.45, 2.75) is 20.0 Å². The van der Waals surface area contributed by atoms with Crippen molar-refractivity contribution in [3.05, 3.63) is 35.7 Å². The van der Waals surface area contributed by atoms with Gasteiger partial charge in [-0.25, -0.2) is 4.79 Å². The first-order chi connectivity index (χ1) is 9.15. The SMILES string of the molecule is Cc1cc(N2CCn3cnnc3C2)c(C(=O)O)cn1. The first-order valence-electron chi connectivity index (χ1n) is 5.97. The quantitative estimate of drug-likeness (QED) is 0.854. The van der Waals surface area contributed by atoms with Gasteiger partial charge < -0.3 is 14.6 Å². The zero-order valence-electron chi connectivity index (χ0n) is 10.4. The first kappa shape index (κ1) is 11.6. The summed E-state index contributed by atoms with van der Waals surface area (Å²) in [6.45, 7) is 3.89. The number of rotatable bonds is 2. The molecule has 2 aromatic rings. The van der Waals surface area contributed by atoms with Crippen molar-refractivity contribution in [2.75, 3.05) is 11.4 Å². The van der Waals surface area contributed by atoms with E-state index in [2.05, 4.69) is 15.2 Å². The number of carboxylic acids is 1. The molecular formula is C12H13N5O2. The van der Waals surface area contributed by atoms with E-state index < -0.39 is 5.97 Å². The van der Waals surface area contributed by atoms with Crippen LogP contribution < -0.4 is 4.90 Å². The van der Waals surface area contributed by atoms with Crippen LogP contribution in [0.15, 0.2) is 18.6 Å².